The number of aliphatic carboxylic acids is 1. The third kappa shape index (κ3) is 3.61. The highest BCUT2D eigenvalue weighted by molar-refractivity contribution is 5.84. The summed E-state index contributed by atoms with van der Waals surface area (Å²) < 4.78 is 0. The van der Waals surface area contributed by atoms with Gasteiger partial charge in [0.05, 0.1) is 17.9 Å². The van der Waals surface area contributed by atoms with Crippen molar-refractivity contribution in [3.05, 3.63) is 35.9 Å². The summed E-state index contributed by atoms with van der Waals surface area (Å²) in [6.45, 7) is 0.313. The summed E-state index contributed by atoms with van der Waals surface area (Å²) in [4.78, 5) is 23.6. The molecule has 1 aromatic carbocycles. The lowest BCUT2D eigenvalue weighted by Gasteiger charge is -2.29. The number of carboxylic acid groups (broad SMARTS) is 1. The summed E-state index contributed by atoms with van der Waals surface area (Å²) in [5.41, 5.74) is 6.09. The van der Waals surface area contributed by atoms with Gasteiger partial charge in [0.1, 0.15) is 0 Å². The Morgan fingerprint density at radius 3 is 2.38 bits per heavy atom. The largest absolute Gasteiger partial charge is 0.481 e. The normalized spacial score (nSPS) is 18.1. The van der Waals surface area contributed by atoms with E-state index in [1.54, 1.807) is 0 Å². The number of nitrogens with two attached hydrogens (primary N) is 1. The van der Waals surface area contributed by atoms with Crippen LogP contribution >= 0.6 is 0 Å². The van der Waals surface area contributed by atoms with Crippen molar-refractivity contribution in [2.45, 2.75) is 38.1 Å². The number of nitrogens with one attached hydrogen (secondary N) is 1. The minimum Gasteiger partial charge on any atom is -0.481 e. The maximum Gasteiger partial charge on any atom is 0.305 e. The molecular formula is C16H22N2O3. The Morgan fingerprint density at radius 1 is 1.24 bits per heavy atom. The molecular weight excluding hydrogens is 268 g/mol. The van der Waals surface area contributed by atoms with Crippen LogP contribution in [0.5, 0.6) is 0 Å². The second kappa shape index (κ2) is 6.72. The van der Waals surface area contributed by atoms with E-state index in [1.165, 1.54) is 0 Å². The maximum atomic E-state index is 12.6. The molecule has 0 aromatic heterocycles. The van der Waals surface area contributed by atoms with Crippen molar-refractivity contribution in [3.8, 4) is 0 Å². The van der Waals surface area contributed by atoms with Gasteiger partial charge in [0.25, 0.3) is 0 Å². The highest BCUT2D eigenvalue weighted by atomic mass is 16.4. The van der Waals surface area contributed by atoms with Crippen LogP contribution in [0.3, 0.4) is 0 Å². The lowest BCUT2D eigenvalue weighted by atomic mass is 9.84. The second-order valence-electron chi connectivity index (χ2n) is 5.73. The lowest BCUT2D eigenvalue weighted by Crippen LogP contribution is -2.45. The molecule has 114 valence electrons. The molecule has 0 spiro atoms. The van der Waals surface area contributed by atoms with Crippen LogP contribution in [0.25, 0.3) is 0 Å². The zero-order chi connectivity index (χ0) is 15.3. The molecule has 1 amide bonds. The van der Waals surface area contributed by atoms with Gasteiger partial charge in [0.2, 0.25) is 5.91 Å². The average Bonchev–Trinajstić information content (AvgIpc) is 2.97. The molecule has 0 radical (unpaired) electrons. The van der Waals surface area contributed by atoms with Gasteiger partial charge in [-0.25, -0.2) is 0 Å². The van der Waals surface area contributed by atoms with E-state index in [1.807, 2.05) is 30.3 Å². The third-order valence-electron chi connectivity index (χ3n) is 4.32. The molecule has 1 aromatic rings. The fourth-order valence-electron chi connectivity index (χ4n) is 3.00. The molecule has 0 aliphatic heterocycles. The zero-order valence-corrected chi connectivity index (χ0v) is 12.0. The molecule has 1 aliphatic rings. The monoisotopic (exact) mass is 290 g/mol. The number of amides is 1. The fraction of sp³-hybridized carbons (Fsp3) is 0.500. The van der Waals surface area contributed by atoms with Gasteiger partial charge in [-0.3, -0.25) is 9.59 Å². The molecule has 4 N–H and O–H groups in total. The number of carbonyl (C=O) groups excluding carboxylic acids is 1. The molecule has 21 heavy (non-hydrogen) atoms. The smallest absolute Gasteiger partial charge is 0.305 e. The predicted octanol–water partition coefficient (Wildman–Crippen LogP) is 1.84. The average molecular weight is 290 g/mol. The van der Waals surface area contributed by atoms with Gasteiger partial charge in [0, 0.05) is 6.54 Å². The van der Waals surface area contributed by atoms with Crippen molar-refractivity contribution in [1.82, 2.24) is 5.32 Å². The van der Waals surface area contributed by atoms with E-state index < -0.39 is 17.4 Å². The quantitative estimate of drug-likeness (QED) is 0.745. The minimum absolute atomic E-state index is 0.113. The van der Waals surface area contributed by atoms with Crippen LogP contribution in [-0.4, -0.2) is 23.5 Å². The fourth-order valence-corrected chi connectivity index (χ4v) is 3.00. The lowest BCUT2D eigenvalue weighted by molar-refractivity contribution is -0.138. The number of hydrogen-bond acceptors (Lipinski definition) is 3. The van der Waals surface area contributed by atoms with Crippen LogP contribution in [0.4, 0.5) is 0 Å². The SMILES string of the molecule is NCC1(C(=O)NC(CC(=O)O)c2ccccc2)CCCC1. The Hall–Kier alpha value is -1.88. The second-order valence-corrected chi connectivity index (χ2v) is 5.73. The Kier molecular flexibility index (Phi) is 4.96. The summed E-state index contributed by atoms with van der Waals surface area (Å²) >= 11 is 0. The number of hydrogen-bond donors (Lipinski definition) is 3. The van der Waals surface area contributed by atoms with Crippen LogP contribution in [-0.2, 0) is 9.59 Å². The van der Waals surface area contributed by atoms with Gasteiger partial charge in [-0.1, -0.05) is 43.2 Å². The number of carboxylic acids is 1. The number of rotatable bonds is 6. The van der Waals surface area contributed by atoms with Crippen molar-refractivity contribution in [2.24, 2.45) is 11.1 Å². The first kappa shape index (κ1) is 15.5. The number of carbonyl (C=O) groups is 2. The van der Waals surface area contributed by atoms with Crippen LogP contribution in [0.15, 0.2) is 30.3 Å². The first-order valence-electron chi connectivity index (χ1n) is 7.35. The Bertz CT molecular complexity index is 496. The highest BCUT2D eigenvalue weighted by Gasteiger charge is 2.40. The zero-order valence-electron chi connectivity index (χ0n) is 12.0. The van der Waals surface area contributed by atoms with Gasteiger partial charge in [-0.05, 0) is 18.4 Å². The van der Waals surface area contributed by atoms with Crippen molar-refractivity contribution >= 4 is 11.9 Å². The highest BCUT2D eigenvalue weighted by Crippen LogP contribution is 2.38. The minimum atomic E-state index is -0.933. The third-order valence-corrected chi connectivity index (χ3v) is 4.32. The summed E-state index contributed by atoms with van der Waals surface area (Å²) in [6.07, 6.45) is 3.43. The molecule has 5 nitrogen and oxygen atoms in total. The standard InChI is InChI=1S/C16H22N2O3/c17-11-16(8-4-5-9-16)15(21)18-13(10-14(19)20)12-6-2-1-3-7-12/h1-3,6-7,13H,4-5,8-11,17H2,(H,18,21)(H,19,20). The molecule has 1 unspecified atom stereocenters. The van der Waals surface area contributed by atoms with E-state index in [2.05, 4.69) is 5.32 Å². The summed E-state index contributed by atoms with van der Waals surface area (Å²) in [6, 6.07) is 8.69. The molecule has 0 saturated heterocycles. The van der Waals surface area contributed by atoms with Gasteiger partial charge in [-0.15, -0.1) is 0 Å². The van der Waals surface area contributed by atoms with E-state index >= 15 is 0 Å². The molecule has 1 saturated carbocycles. The number of benzene rings is 1. The maximum absolute atomic E-state index is 12.6. The van der Waals surface area contributed by atoms with Crippen LogP contribution in [0.2, 0.25) is 0 Å². The molecule has 5 heteroatoms. The van der Waals surface area contributed by atoms with Gasteiger partial charge in [-0.2, -0.15) is 0 Å². The molecule has 2 rings (SSSR count). The van der Waals surface area contributed by atoms with Crippen LogP contribution in [0.1, 0.15) is 43.7 Å². The van der Waals surface area contributed by atoms with E-state index in [4.69, 9.17) is 10.8 Å². The van der Waals surface area contributed by atoms with Crippen molar-refractivity contribution in [2.75, 3.05) is 6.54 Å². The molecule has 1 atom stereocenters. The van der Waals surface area contributed by atoms with E-state index in [9.17, 15) is 9.59 Å². The first-order valence-corrected chi connectivity index (χ1v) is 7.35. The molecule has 1 aliphatic carbocycles. The Labute approximate surface area is 124 Å². The molecule has 0 heterocycles. The Morgan fingerprint density at radius 2 is 1.86 bits per heavy atom. The van der Waals surface area contributed by atoms with Crippen LogP contribution < -0.4 is 11.1 Å². The van der Waals surface area contributed by atoms with E-state index in [0.29, 0.717) is 6.54 Å². The summed E-state index contributed by atoms with van der Waals surface area (Å²) in [5, 5.41) is 12.0. The van der Waals surface area contributed by atoms with Gasteiger partial charge in [0.15, 0.2) is 0 Å². The summed E-state index contributed by atoms with van der Waals surface area (Å²) in [5.74, 6) is -1.05. The summed E-state index contributed by atoms with van der Waals surface area (Å²) in [7, 11) is 0. The van der Waals surface area contributed by atoms with Gasteiger partial charge >= 0.3 is 5.97 Å². The van der Waals surface area contributed by atoms with Gasteiger partial charge < -0.3 is 16.2 Å². The predicted molar refractivity (Wildman–Crippen MR) is 79.5 cm³/mol. The van der Waals surface area contributed by atoms with E-state index in [0.717, 1.165) is 31.2 Å². The first-order chi connectivity index (χ1) is 10.1. The van der Waals surface area contributed by atoms with Crippen LogP contribution in [0, 0.1) is 5.41 Å². The molecule has 1 fully saturated rings. The Balaban J connectivity index is 2.15. The topological polar surface area (TPSA) is 92.4 Å². The van der Waals surface area contributed by atoms with E-state index in [-0.39, 0.29) is 12.3 Å². The van der Waals surface area contributed by atoms with Crippen molar-refractivity contribution in [3.63, 3.8) is 0 Å². The van der Waals surface area contributed by atoms with Crippen molar-refractivity contribution < 1.29 is 14.7 Å². The molecule has 0 bridgehead atoms. The van der Waals surface area contributed by atoms with Crippen molar-refractivity contribution in [1.29, 1.82) is 0 Å².